The highest BCUT2D eigenvalue weighted by Crippen LogP contribution is 2.47. The molecule has 5 heterocycles. The van der Waals surface area contributed by atoms with Crippen molar-refractivity contribution in [1.29, 1.82) is 0 Å². The Labute approximate surface area is 350 Å². The molecule has 0 fully saturated rings. The summed E-state index contributed by atoms with van der Waals surface area (Å²) in [5.41, 5.74) is 19.9. The molecule has 0 unspecified atom stereocenters. The number of benzene rings is 8. The molecular weight excluding hydrogens is 728 g/mol. The lowest BCUT2D eigenvalue weighted by Crippen LogP contribution is -2.65. The topological polar surface area (TPSA) is 25.9 Å². The molecule has 9 aromatic rings. The molecule has 5 nitrogen and oxygen atoms in total. The highest BCUT2D eigenvalue weighted by Gasteiger charge is 2.48. The highest BCUT2D eigenvalue weighted by atomic mass is 15.2. The van der Waals surface area contributed by atoms with E-state index in [1.54, 1.807) is 0 Å². The lowest BCUT2D eigenvalue weighted by Gasteiger charge is -2.46. The zero-order valence-corrected chi connectivity index (χ0v) is 32.6. The van der Waals surface area contributed by atoms with Gasteiger partial charge in [-0.25, -0.2) is 4.98 Å². The molecule has 0 atom stereocenters. The summed E-state index contributed by atoms with van der Waals surface area (Å²) in [6.07, 6.45) is 0. The van der Waals surface area contributed by atoms with Crippen LogP contribution in [0.5, 0.6) is 0 Å². The van der Waals surface area contributed by atoms with Crippen LogP contribution in [-0.4, -0.2) is 18.4 Å². The average molecular weight is 764 g/mol. The molecule has 0 spiro atoms. The Balaban J connectivity index is 1.14. The highest BCUT2D eigenvalue weighted by molar-refractivity contribution is 7.02. The number of anilines is 12. The van der Waals surface area contributed by atoms with E-state index in [-0.39, 0.29) is 13.4 Å². The van der Waals surface area contributed by atoms with Gasteiger partial charge in [0, 0.05) is 62.5 Å². The van der Waals surface area contributed by atoms with Crippen molar-refractivity contribution < 1.29 is 0 Å². The Morgan fingerprint density at radius 3 is 1.12 bits per heavy atom. The van der Waals surface area contributed by atoms with Gasteiger partial charge in [0.25, 0.3) is 13.4 Å². The molecule has 0 aliphatic carbocycles. The Morgan fingerprint density at radius 1 is 0.283 bits per heavy atom. The zero-order chi connectivity index (χ0) is 39.3. The van der Waals surface area contributed by atoms with E-state index in [1.165, 1.54) is 55.8 Å². The van der Waals surface area contributed by atoms with Crippen molar-refractivity contribution in [1.82, 2.24) is 4.98 Å². The summed E-state index contributed by atoms with van der Waals surface area (Å²) in [5, 5.41) is 0. The smallest absolute Gasteiger partial charge is 0.275 e. The van der Waals surface area contributed by atoms with Gasteiger partial charge in [0.2, 0.25) is 0 Å². The summed E-state index contributed by atoms with van der Waals surface area (Å²) >= 11 is 0. The molecule has 7 heteroatoms. The molecular formula is C53H35B2N5. The molecule has 0 amide bonds. The minimum Gasteiger partial charge on any atom is -0.311 e. The van der Waals surface area contributed by atoms with Crippen molar-refractivity contribution in [3.05, 3.63) is 212 Å². The van der Waals surface area contributed by atoms with Crippen LogP contribution >= 0.6 is 0 Å². The maximum Gasteiger partial charge on any atom is 0.275 e. The van der Waals surface area contributed by atoms with Crippen molar-refractivity contribution in [3.8, 4) is 0 Å². The first-order valence-electron chi connectivity index (χ1n) is 20.7. The number of fused-ring (bicyclic) bond motifs is 8. The van der Waals surface area contributed by atoms with Crippen molar-refractivity contribution in [3.63, 3.8) is 0 Å². The molecule has 13 rings (SSSR count). The van der Waals surface area contributed by atoms with Gasteiger partial charge in [-0.2, -0.15) is 0 Å². The molecule has 0 radical (unpaired) electrons. The van der Waals surface area contributed by atoms with Crippen LogP contribution in [0.2, 0.25) is 0 Å². The van der Waals surface area contributed by atoms with Crippen molar-refractivity contribution in [2.45, 2.75) is 0 Å². The number of hydrogen-bond donors (Lipinski definition) is 0. The quantitative estimate of drug-likeness (QED) is 0.167. The molecule has 0 saturated carbocycles. The molecule has 0 saturated heterocycles. The molecule has 278 valence electrons. The largest absolute Gasteiger partial charge is 0.311 e. The minimum atomic E-state index is -0.106. The van der Waals surface area contributed by atoms with Gasteiger partial charge in [-0.3, -0.25) is 4.90 Å². The summed E-state index contributed by atoms with van der Waals surface area (Å²) in [5.74, 6) is 0.967. The zero-order valence-electron chi connectivity index (χ0n) is 32.6. The third-order valence-electron chi connectivity index (χ3n) is 12.8. The van der Waals surface area contributed by atoms with Gasteiger partial charge in [0.05, 0.1) is 5.69 Å². The molecule has 8 aromatic carbocycles. The van der Waals surface area contributed by atoms with Crippen LogP contribution in [0, 0.1) is 0 Å². The number of hydrogen-bond acceptors (Lipinski definition) is 5. The van der Waals surface area contributed by atoms with E-state index in [0.29, 0.717) is 0 Å². The van der Waals surface area contributed by atoms with Crippen molar-refractivity contribution in [2.75, 3.05) is 19.6 Å². The van der Waals surface area contributed by atoms with E-state index >= 15 is 0 Å². The standard InChI is InChI=1S/C53H35B2N5/c1-5-19-36(20-6-1)57-43-29-15-13-27-40(43)54-42-35-49-52(56-53(42)60(39-25-11-4-12-26-39)48-34-18-31-45(57)50(48)54)55-41-28-14-16-30-44(41)58(37-21-7-2-8-22-37)46-32-17-33-47(51(46)55)59(49)38-23-9-3-10-24-38/h1-35H. The lowest BCUT2D eigenvalue weighted by molar-refractivity contribution is 1.18. The molecule has 4 aliphatic rings. The van der Waals surface area contributed by atoms with Crippen LogP contribution in [0.15, 0.2) is 212 Å². The van der Waals surface area contributed by atoms with Crippen LogP contribution in [0.1, 0.15) is 0 Å². The van der Waals surface area contributed by atoms with Crippen molar-refractivity contribution in [2.24, 2.45) is 0 Å². The SMILES string of the molecule is c1ccc(N2c3ccccc3B3c4nc5c(cc4N(c4ccccc4)c4cccc2c43)B2c3ccccc3N(c3ccccc3)c3cccc(c32)N5c2ccccc2)cc1. The molecule has 0 N–H and O–H groups in total. The maximum atomic E-state index is 6.06. The first-order chi connectivity index (χ1) is 29.8. The van der Waals surface area contributed by atoms with E-state index in [0.717, 1.165) is 45.5 Å². The predicted octanol–water partition coefficient (Wildman–Crippen LogP) is 9.25. The normalized spacial score (nSPS) is 13.8. The van der Waals surface area contributed by atoms with Gasteiger partial charge in [-0.05, 0) is 118 Å². The summed E-state index contributed by atoms with van der Waals surface area (Å²) in [4.78, 5) is 15.8. The Hall–Kier alpha value is -7.76. The van der Waals surface area contributed by atoms with Crippen LogP contribution in [0.4, 0.5) is 68.4 Å². The Morgan fingerprint density at radius 2 is 0.633 bits per heavy atom. The Kier molecular flexibility index (Phi) is 7.13. The van der Waals surface area contributed by atoms with Gasteiger partial charge in [-0.1, -0.05) is 121 Å². The number of nitrogens with zero attached hydrogens (tertiary/aromatic N) is 5. The first kappa shape index (κ1) is 33.2. The molecule has 4 aliphatic heterocycles. The average Bonchev–Trinajstić information content (AvgIpc) is 3.32. The first-order valence-corrected chi connectivity index (χ1v) is 20.7. The summed E-state index contributed by atoms with van der Waals surface area (Å²) < 4.78 is 0. The van der Waals surface area contributed by atoms with Crippen LogP contribution < -0.4 is 52.5 Å². The van der Waals surface area contributed by atoms with E-state index in [2.05, 4.69) is 232 Å². The minimum absolute atomic E-state index is 0.0577. The summed E-state index contributed by atoms with van der Waals surface area (Å²) in [7, 11) is 0. The van der Waals surface area contributed by atoms with Crippen LogP contribution in [0.25, 0.3) is 0 Å². The summed E-state index contributed by atoms with van der Waals surface area (Å²) in [6, 6.07) is 77.1. The maximum absolute atomic E-state index is 6.06. The lowest BCUT2D eigenvalue weighted by atomic mass is 9.32. The molecule has 1 aromatic heterocycles. The fourth-order valence-corrected chi connectivity index (χ4v) is 10.5. The van der Waals surface area contributed by atoms with Gasteiger partial charge in [0.1, 0.15) is 5.82 Å². The summed E-state index contributed by atoms with van der Waals surface area (Å²) in [6.45, 7) is -0.164. The van der Waals surface area contributed by atoms with Gasteiger partial charge in [0.15, 0.2) is 0 Å². The van der Waals surface area contributed by atoms with E-state index < -0.39 is 0 Å². The second-order valence-electron chi connectivity index (χ2n) is 15.9. The predicted molar refractivity (Wildman–Crippen MR) is 252 cm³/mol. The monoisotopic (exact) mass is 763 g/mol. The van der Waals surface area contributed by atoms with Crippen LogP contribution in [-0.2, 0) is 0 Å². The van der Waals surface area contributed by atoms with E-state index in [4.69, 9.17) is 4.98 Å². The number of para-hydroxylation sites is 6. The van der Waals surface area contributed by atoms with E-state index in [9.17, 15) is 0 Å². The van der Waals surface area contributed by atoms with E-state index in [1.807, 2.05) is 0 Å². The number of aromatic nitrogens is 1. The molecule has 60 heavy (non-hydrogen) atoms. The second kappa shape index (κ2) is 12.9. The second-order valence-corrected chi connectivity index (χ2v) is 15.9. The van der Waals surface area contributed by atoms with Gasteiger partial charge < -0.3 is 14.7 Å². The third-order valence-corrected chi connectivity index (χ3v) is 12.8. The number of pyridine rings is 1. The fourth-order valence-electron chi connectivity index (χ4n) is 10.5. The van der Waals surface area contributed by atoms with Crippen molar-refractivity contribution >= 4 is 115 Å². The fraction of sp³-hybridized carbons (Fsp3) is 0. The third kappa shape index (κ3) is 4.63. The Bertz CT molecular complexity index is 2930. The number of rotatable bonds is 4. The van der Waals surface area contributed by atoms with Crippen LogP contribution in [0.3, 0.4) is 0 Å². The molecule has 0 bridgehead atoms. The van der Waals surface area contributed by atoms with Gasteiger partial charge >= 0.3 is 0 Å². The van der Waals surface area contributed by atoms with Gasteiger partial charge in [-0.15, -0.1) is 0 Å².